The van der Waals surface area contributed by atoms with Gasteiger partial charge in [0.2, 0.25) is 0 Å². The van der Waals surface area contributed by atoms with Crippen molar-refractivity contribution in [1.82, 2.24) is 0 Å². The van der Waals surface area contributed by atoms with E-state index >= 15 is 0 Å². The zero-order chi connectivity index (χ0) is 9.78. The van der Waals surface area contributed by atoms with Crippen LogP contribution in [0, 0.1) is 0 Å². The van der Waals surface area contributed by atoms with E-state index < -0.39 is 5.77 Å². The molecule has 0 rings (SSSR count). The summed E-state index contributed by atoms with van der Waals surface area (Å²) in [6, 6.07) is 0. The van der Waals surface area contributed by atoms with Gasteiger partial charge in [-0.1, -0.05) is 50.5 Å². The van der Waals surface area contributed by atoms with Crippen LogP contribution in [0.1, 0.15) is 27.7 Å². The first-order valence-corrected chi connectivity index (χ1v) is 8.51. The number of rotatable bonds is 5. The van der Waals surface area contributed by atoms with Crippen molar-refractivity contribution >= 4 is 28.5 Å². The predicted molar refractivity (Wildman–Crippen MR) is 60.1 cm³/mol. The molecule has 0 saturated heterocycles. The monoisotopic (exact) mass is 228 g/mol. The molecule has 0 bridgehead atoms. The van der Waals surface area contributed by atoms with Crippen LogP contribution in [0.4, 0.5) is 0 Å². The van der Waals surface area contributed by atoms with Crippen molar-refractivity contribution in [1.29, 1.82) is 0 Å². The molecule has 0 N–H and O–H groups in total. The molecule has 0 atom stereocenters. The maximum Gasteiger partial charge on any atom is 0.313 e. The minimum Gasteiger partial charge on any atom is -0.317 e. The molecule has 0 unspecified atom stereocenters. The van der Waals surface area contributed by atoms with E-state index in [1.807, 2.05) is 27.7 Å². The van der Waals surface area contributed by atoms with E-state index in [-0.39, 0.29) is 0 Å². The molecule has 0 radical (unpaired) electrons. The third kappa shape index (κ3) is 5.52. The number of hydrogen-bond donors (Lipinski definition) is 0. The summed E-state index contributed by atoms with van der Waals surface area (Å²) in [5, 5.41) is 0.698. The Bertz CT molecular complexity index is 157. The Morgan fingerprint density at radius 2 is 1.42 bits per heavy atom. The zero-order valence-electron chi connectivity index (χ0n) is 8.23. The molecule has 0 saturated carbocycles. The standard InChI is InChI=1S/C7H17O2PS2/c1-6(2)11-10(8,9-5)12-7(3)4/h6-7H,1-5H3. The van der Waals surface area contributed by atoms with Gasteiger partial charge in [-0.2, -0.15) is 0 Å². The third-order valence-electron chi connectivity index (χ3n) is 0.903. The van der Waals surface area contributed by atoms with Crippen LogP contribution in [-0.4, -0.2) is 17.6 Å². The summed E-state index contributed by atoms with van der Waals surface area (Å²) in [5.41, 5.74) is 0. The Morgan fingerprint density at radius 1 is 1.08 bits per heavy atom. The lowest BCUT2D eigenvalue weighted by Crippen LogP contribution is -1.91. The fraction of sp³-hybridized carbons (Fsp3) is 1.00. The van der Waals surface area contributed by atoms with Crippen LogP contribution < -0.4 is 0 Å². The maximum atomic E-state index is 11.9. The first-order chi connectivity index (χ1) is 5.39. The predicted octanol–water partition coefficient (Wildman–Crippen LogP) is 4.02. The lowest BCUT2D eigenvalue weighted by Gasteiger charge is -2.18. The molecule has 0 spiro atoms. The minimum absolute atomic E-state index is 0.349. The highest BCUT2D eigenvalue weighted by Crippen LogP contribution is 2.71. The number of hydrogen-bond acceptors (Lipinski definition) is 4. The van der Waals surface area contributed by atoms with Crippen molar-refractivity contribution in [2.24, 2.45) is 0 Å². The molecule has 0 amide bonds. The van der Waals surface area contributed by atoms with Gasteiger partial charge in [0.05, 0.1) is 0 Å². The van der Waals surface area contributed by atoms with Crippen LogP contribution in [0.5, 0.6) is 0 Å². The largest absolute Gasteiger partial charge is 0.317 e. The molecule has 0 fully saturated rings. The van der Waals surface area contributed by atoms with Crippen molar-refractivity contribution in [3.05, 3.63) is 0 Å². The van der Waals surface area contributed by atoms with E-state index in [0.717, 1.165) is 0 Å². The van der Waals surface area contributed by atoms with Crippen molar-refractivity contribution in [2.75, 3.05) is 7.11 Å². The Balaban J connectivity index is 4.15. The summed E-state index contributed by atoms with van der Waals surface area (Å²) < 4.78 is 16.9. The molecule has 74 valence electrons. The maximum absolute atomic E-state index is 11.9. The zero-order valence-corrected chi connectivity index (χ0v) is 10.8. The van der Waals surface area contributed by atoms with Gasteiger partial charge in [0.25, 0.3) is 0 Å². The fourth-order valence-corrected chi connectivity index (χ4v) is 9.19. The smallest absolute Gasteiger partial charge is 0.313 e. The average Bonchev–Trinajstić information content (AvgIpc) is 1.83. The summed E-state index contributed by atoms with van der Waals surface area (Å²) in [4.78, 5) is 0. The molecular weight excluding hydrogens is 211 g/mol. The quantitative estimate of drug-likeness (QED) is 0.664. The summed E-state index contributed by atoms with van der Waals surface area (Å²) in [7, 11) is 1.52. The molecular formula is C7H17O2PS2. The highest BCUT2D eigenvalue weighted by atomic mass is 33.1. The van der Waals surface area contributed by atoms with E-state index in [1.54, 1.807) is 0 Å². The SMILES string of the molecule is COP(=O)(SC(C)C)SC(C)C. The van der Waals surface area contributed by atoms with Crippen molar-refractivity contribution < 1.29 is 9.09 Å². The summed E-state index contributed by atoms with van der Waals surface area (Å²) in [5.74, 6) is -2.48. The van der Waals surface area contributed by atoms with Gasteiger partial charge >= 0.3 is 5.77 Å². The molecule has 12 heavy (non-hydrogen) atoms. The first-order valence-electron chi connectivity index (χ1n) is 3.92. The lowest BCUT2D eigenvalue weighted by molar-refractivity contribution is 0.423. The first kappa shape index (κ1) is 12.9. The Morgan fingerprint density at radius 3 is 1.58 bits per heavy atom. The van der Waals surface area contributed by atoms with Gasteiger partial charge < -0.3 is 4.52 Å². The van der Waals surface area contributed by atoms with Crippen molar-refractivity contribution in [2.45, 2.75) is 38.2 Å². The fourth-order valence-electron chi connectivity index (χ4n) is 0.627. The van der Waals surface area contributed by atoms with E-state index in [2.05, 4.69) is 0 Å². The Hall–Kier alpha value is 0.890. The second kappa shape index (κ2) is 5.58. The van der Waals surface area contributed by atoms with Gasteiger partial charge in [0.15, 0.2) is 0 Å². The molecule has 0 aliphatic rings. The van der Waals surface area contributed by atoms with E-state index in [9.17, 15) is 4.57 Å². The lowest BCUT2D eigenvalue weighted by atomic mass is 10.6. The van der Waals surface area contributed by atoms with E-state index in [4.69, 9.17) is 4.52 Å². The molecule has 0 heterocycles. The van der Waals surface area contributed by atoms with E-state index in [0.29, 0.717) is 10.5 Å². The van der Waals surface area contributed by atoms with Crippen LogP contribution in [-0.2, 0) is 9.09 Å². The second-order valence-corrected chi connectivity index (χ2v) is 11.3. The van der Waals surface area contributed by atoms with Gasteiger partial charge in [0, 0.05) is 17.6 Å². The molecule has 0 aromatic heterocycles. The van der Waals surface area contributed by atoms with Gasteiger partial charge in [-0.05, 0) is 0 Å². The van der Waals surface area contributed by atoms with Crippen molar-refractivity contribution in [3.63, 3.8) is 0 Å². The van der Waals surface area contributed by atoms with E-state index in [1.165, 1.54) is 29.9 Å². The van der Waals surface area contributed by atoms with Gasteiger partial charge in [-0.15, -0.1) is 0 Å². The molecule has 0 aromatic carbocycles. The van der Waals surface area contributed by atoms with Crippen LogP contribution in [0.15, 0.2) is 0 Å². The Kier molecular flexibility index (Phi) is 6.00. The van der Waals surface area contributed by atoms with Gasteiger partial charge in [-0.3, -0.25) is 4.57 Å². The highest BCUT2D eigenvalue weighted by Gasteiger charge is 2.26. The summed E-state index contributed by atoms with van der Waals surface area (Å²) in [6.45, 7) is 8.10. The normalized spacial score (nSPS) is 12.9. The Labute approximate surface area is 83.2 Å². The van der Waals surface area contributed by atoms with Gasteiger partial charge in [0.1, 0.15) is 0 Å². The highest BCUT2D eigenvalue weighted by molar-refractivity contribution is 8.89. The van der Waals surface area contributed by atoms with Crippen LogP contribution in [0.2, 0.25) is 0 Å². The third-order valence-corrected chi connectivity index (χ3v) is 9.23. The minimum atomic E-state index is -2.48. The summed E-state index contributed by atoms with van der Waals surface area (Å²) in [6.07, 6.45) is 0. The molecule has 0 aliphatic carbocycles. The van der Waals surface area contributed by atoms with Crippen molar-refractivity contribution in [3.8, 4) is 0 Å². The molecule has 0 aliphatic heterocycles. The van der Waals surface area contributed by atoms with Crippen LogP contribution >= 0.6 is 28.5 Å². The molecule has 0 aromatic rings. The van der Waals surface area contributed by atoms with Crippen LogP contribution in [0.25, 0.3) is 0 Å². The summed E-state index contributed by atoms with van der Waals surface area (Å²) >= 11 is 2.85. The molecule has 5 heteroatoms. The molecule has 2 nitrogen and oxygen atoms in total. The average molecular weight is 228 g/mol. The topological polar surface area (TPSA) is 26.3 Å². The van der Waals surface area contributed by atoms with Crippen LogP contribution in [0.3, 0.4) is 0 Å². The van der Waals surface area contributed by atoms with Gasteiger partial charge in [-0.25, -0.2) is 0 Å². The second-order valence-electron chi connectivity index (χ2n) is 2.94.